The van der Waals surface area contributed by atoms with Gasteiger partial charge in [0.1, 0.15) is 27.5 Å². The van der Waals surface area contributed by atoms with E-state index in [1.54, 1.807) is 31.2 Å². The molecular weight excluding hydrogens is 380 g/mol. The van der Waals surface area contributed by atoms with Gasteiger partial charge in [-0.05, 0) is 36.8 Å². The van der Waals surface area contributed by atoms with Crippen molar-refractivity contribution in [1.82, 2.24) is 5.43 Å². The van der Waals surface area contributed by atoms with Gasteiger partial charge < -0.3 is 15.3 Å². The molecule has 3 rings (SSSR count). The van der Waals surface area contributed by atoms with Crippen molar-refractivity contribution in [3.05, 3.63) is 63.7 Å². The molecule has 2 aromatic heterocycles. The summed E-state index contributed by atoms with van der Waals surface area (Å²) in [6.07, 6.45) is 1.34. The molecule has 0 aliphatic rings. The van der Waals surface area contributed by atoms with Crippen molar-refractivity contribution in [2.75, 3.05) is 5.73 Å². The van der Waals surface area contributed by atoms with E-state index in [1.807, 2.05) is 6.07 Å². The van der Waals surface area contributed by atoms with Gasteiger partial charge in [-0.1, -0.05) is 12.1 Å². The Kier molecular flexibility index (Phi) is 5.24. The minimum Gasteiger partial charge on any atom is -0.478 e. The van der Waals surface area contributed by atoms with Crippen LogP contribution in [0.5, 0.6) is 0 Å². The topological polar surface area (TPSA) is 142 Å². The van der Waals surface area contributed by atoms with Crippen molar-refractivity contribution in [1.29, 1.82) is 5.26 Å². The first-order chi connectivity index (χ1) is 13.4. The smallest absolute Gasteiger partial charge is 0.335 e. The number of carbonyl (C=O) groups excluding carboxylic acids is 1. The van der Waals surface area contributed by atoms with Crippen molar-refractivity contribution in [3.63, 3.8) is 0 Å². The molecule has 1 aromatic carbocycles. The summed E-state index contributed by atoms with van der Waals surface area (Å²) in [5.74, 6) is -0.537. The van der Waals surface area contributed by atoms with Crippen LogP contribution in [-0.4, -0.2) is 23.2 Å². The number of nitriles is 1. The van der Waals surface area contributed by atoms with Crippen molar-refractivity contribution >= 4 is 34.4 Å². The molecule has 0 fully saturated rings. The molecule has 3 aromatic rings. The molecule has 28 heavy (non-hydrogen) atoms. The number of carboxylic acids is 1. The summed E-state index contributed by atoms with van der Waals surface area (Å²) < 4.78 is 5.61. The van der Waals surface area contributed by atoms with E-state index in [2.05, 4.69) is 10.5 Å². The number of aromatic carboxylic acids is 1. The summed E-state index contributed by atoms with van der Waals surface area (Å²) in [6.45, 7) is 1.65. The van der Waals surface area contributed by atoms with E-state index in [0.29, 0.717) is 38.1 Å². The van der Waals surface area contributed by atoms with Gasteiger partial charge in [0.15, 0.2) is 0 Å². The Morgan fingerprint density at radius 1 is 1.29 bits per heavy atom. The van der Waals surface area contributed by atoms with E-state index in [1.165, 1.54) is 18.3 Å². The maximum absolute atomic E-state index is 12.2. The van der Waals surface area contributed by atoms with Crippen LogP contribution in [0.3, 0.4) is 0 Å². The summed E-state index contributed by atoms with van der Waals surface area (Å²) in [4.78, 5) is 23.4. The molecule has 0 saturated carbocycles. The molecule has 1 amide bonds. The van der Waals surface area contributed by atoms with E-state index >= 15 is 0 Å². The predicted molar refractivity (Wildman–Crippen MR) is 104 cm³/mol. The number of nitrogens with one attached hydrogen (secondary N) is 1. The molecule has 0 spiro atoms. The van der Waals surface area contributed by atoms with Gasteiger partial charge in [0.05, 0.1) is 17.3 Å². The third-order valence-corrected chi connectivity index (χ3v) is 5.01. The van der Waals surface area contributed by atoms with Crippen LogP contribution >= 0.6 is 11.3 Å². The number of anilines is 1. The van der Waals surface area contributed by atoms with Crippen molar-refractivity contribution in [2.24, 2.45) is 5.10 Å². The van der Waals surface area contributed by atoms with Crippen LogP contribution in [0.1, 0.15) is 36.9 Å². The number of carboxylic acid groups (broad SMARTS) is 1. The summed E-state index contributed by atoms with van der Waals surface area (Å²) >= 11 is 1.03. The first-order valence-corrected chi connectivity index (χ1v) is 8.78. The maximum atomic E-state index is 12.2. The van der Waals surface area contributed by atoms with Gasteiger partial charge in [-0.15, -0.1) is 11.3 Å². The highest BCUT2D eigenvalue weighted by Crippen LogP contribution is 2.29. The maximum Gasteiger partial charge on any atom is 0.335 e. The molecule has 0 aliphatic heterocycles. The van der Waals surface area contributed by atoms with Crippen LogP contribution in [0.15, 0.2) is 45.9 Å². The number of furan rings is 1. The summed E-state index contributed by atoms with van der Waals surface area (Å²) in [7, 11) is 0. The lowest BCUT2D eigenvalue weighted by Gasteiger charge is -1.98. The number of hydrogen-bond acceptors (Lipinski definition) is 7. The van der Waals surface area contributed by atoms with E-state index in [4.69, 9.17) is 20.5 Å². The Balaban J connectivity index is 1.68. The van der Waals surface area contributed by atoms with Crippen LogP contribution in [-0.2, 0) is 0 Å². The lowest BCUT2D eigenvalue weighted by atomic mass is 10.1. The number of thiophene rings is 1. The number of hydrogen-bond donors (Lipinski definition) is 3. The SMILES string of the molecule is Cc1c(C(=O)N/N=C/c2ccc(-c3ccc(C(=O)O)cc3)o2)sc(N)c1C#N. The van der Waals surface area contributed by atoms with Gasteiger partial charge in [0.2, 0.25) is 0 Å². The van der Waals surface area contributed by atoms with Crippen molar-refractivity contribution in [3.8, 4) is 17.4 Å². The van der Waals surface area contributed by atoms with E-state index < -0.39 is 11.9 Å². The summed E-state index contributed by atoms with van der Waals surface area (Å²) in [5, 5.41) is 22.1. The molecule has 8 nitrogen and oxygen atoms in total. The largest absolute Gasteiger partial charge is 0.478 e. The van der Waals surface area contributed by atoms with E-state index in [-0.39, 0.29) is 5.56 Å². The Bertz CT molecular complexity index is 1120. The van der Waals surface area contributed by atoms with Gasteiger partial charge in [0, 0.05) is 5.56 Å². The Morgan fingerprint density at radius 2 is 2.00 bits per heavy atom. The third-order valence-electron chi connectivity index (χ3n) is 3.89. The molecule has 2 heterocycles. The first-order valence-electron chi connectivity index (χ1n) is 7.96. The summed E-state index contributed by atoms with van der Waals surface area (Å²) in [6, 6.07) is 11.6. The minimum atomic E-state index is -1.00. The molecule has 0 saturated heterocycles. The third kappa shape index (κ3) is 3.77. The highest BCUT2D eigenvalue weighted by atomic mass is 32.1. The van der Waals surface area contributed by atoms with E-state index in [9.17, 15) is 9.59 Å². The molecule has 0 atom stereocenters. The van der Waals surface area contributed by atoms with Crippen LogP contribution in [0.25, 0.3) is 11.3 Å². The van der Waals surface area contributed by atoms with Gasteiger partial charge in [-0.2, -0.15) is 10.4 Å². The number of nitrogen functional groups attached to an aromatic ring is 1. The number of nitrogens with zero attached hydrogens (tertiary/aromatic N) is 2. The minimum absolute atomic E-state index is 0.184. The van der Waals surface area contributed by atoms with Crippen molar-refractivity contribution in [2.45, 2.75) is 6.92 Å². The number of carbonyl (C=O) groups is 2. The number of nitrogens with two attached hydrogens (primary N) is 1. The molecule has 140 valence electrons. The van der Waals surface area contributed by atoms with Crippen LogP contribution in [0, 0.1) is 18.3 Å². The highest BCUT2D eigenvalue weighted by molar-refractivity contribution is 7.18. The van der Waals surface area contributed by atoms with Gasteiger partial charge in [0.25, 0.3) is 5.91 Å². The monoisotopic (exact) mass is 394 g/mol. The van der Waals surface area contributed by atoms with Crippen molar-refractivity contribution < 1.29 is 19.1 Å². The summed E-state index contributed by atoms with van der Waals surface area (Å²) in [5.41, 5.74) is 9.80. The van der Waals surface area contributed by atoms with Crippen LogP contribution in [0.4, 0.5) is 5.00 Å². The first kappa shape index (κ1) is 18.9. The average Bonchev–Trinajstić information content (AvgIpc) is 3.26. The normalized spacial score (nSPS) is 10.7. The number of rotatable bonds is 5. The second kappa shape index (κ2) is 7.77. The lowest BCUT2D eigenvalue weighted by Crippen LogP contribution is -2.17. The molecule has 9 heteroatoms. The van der Waals surface area contributed by atoms with E-state index in [0.717, 1.165) is 11.3 Å². The Hall–Kier alpha value is -3.90. The van der Waals surface area contributed by atoms with Crippen LogP contribution in [0.2, 0.25) is 0 Å². The standard InChI is InChI=1S/C19H14N4O4S/c1-10-14(8-20)17(21)28-16(10)18(24)23-22-9-13-6-7-15(27-13)11-2-4-12(5-3-11)19(25)26/h2-7,9H,21H2,1H3,(H,23,24)(H,25,26)/b22-9+. The Morgan fingerprint density at radius 3 is 2.61 bits per heavy atom. The predicted octanol–water partition coefficient (Wildman–Crippen LogP) is 3.23. The fraction of sp³-hybridized carbons (Fsp3) is 0.0526. The number of benzene rings is 1. The van der Waals surface area contributed by atoms with Gasteiger partial charge in [-0.3, -0.25) is 4.79 Å². The lowest BCUT2D eigenvalue weighted by molar-refractivity contribution is 0.0696. The van der Waals surface area contributed by atoms with Gasteiger partial charge >= 0.3 is 5.97 Å². The highest BCUT2D eigenvalue weighted by Gasteiger charge is 2.18. The zero-order chi connectivity index (χ0) is 20.3. The number of amides is 1. The Labute approximate surface area is 163 Å². The number of hydrazone groups is 1. The molecule has 0 aliphatic carbocycles. The fourth-order valence-electron chi connectivity index (χ4n) is 2.45. The average molecular weight is 394 g/mol. The molecule has 4 N–H and O–H groups in total. The zero-order valence-electron chi connectivity index (χ0n) is 14.6. The molecular formula is C19H14N4O4S. The molecule has 0 radical (unpaired) electrons. The quantitative estimate of drug-likeness (QED) is 0.448. The second-order valence-electron chi connectivity index (χ2n) is 5.69. The zero-order valence-corrected chi connectivity index (χ0v) is 15.4. The second-order valence-corrected chi connectivity index (χ2v) is 6.74. The molecule has 0 bridgehead atoms. The van der Waals surface area contributed by atoms with Gasteiger partial charge in [-0.25, -0.2) is 10.2 Å². The molecule has 0 unspecified atom stereocenters. The van der Waals surface area contributed by atoms with Crippen LogP contribution < -0.4 is 11.2 Å². The fourth-order valence-corrected chi connectivity index (χ4v) is 3.37.